The van der Waals surface area contributed by atoms with Crippen LogP contribution in [0.1, 0.15) is 92.6 Å². The van der Waals surface area contributed by atoms with Crippen LogP contribution < -0.4 is 21.1 Å². The zero-order valence-corrected chi connectivity index (χ0v) is 27.5. The van der Waals surface area contributed by atoms with E-state index in [1.54, 1.807) is 7.11 Å². The third kappa shape index (κ3) is 8.96. The van der Waals surface area contributed by atoms with E-state index >= 15 is 0 Å². The van der Waals surface area contributed by atoms with Gasteiger partial charge in [0.2, 0.25) is 5.91 Å². The van der Waals surface area contributed by atoms with Crippen LogP contribution in [0.25, 0.3) is 10.8 Å². The Kier molecular flexibility index (Phi) is 12.3. The number of nitrogens with zero attached hydrogens (tertiary/aromatic N) is 1. The number of carbonyl (C=O) groups excluding carboxylic acids is 2. The minimum atomic E-state index is -0.234. The fourth-order valence-electron chi connectivity index (χ4n) is 5.99. The molecule has 0 aliphatic heterocycles. The van der Waals surface area contributed by atoms with Gasteiger partial charge in [-0.1, -0.05) is 50.5 Å². The number of halogens is 1. The molecular weight excluding hydrogens is 604 g/mol. The number of anilines is 1. The van der Waals surface area contributed by atoms with Crippen molar-refractivity contribution in [2.75, 3.05) is 32.5 Å². The number of hydrogen-bond donors (Lipinski definition) is 3. The van der Waals surface area contributed by atoms with Crippen molar-refractivity contribution in [1.82, 2.24) is 15.5 Å². The molecule has 1 aliphatic carbocycles. The highest BCUT2D eigenvalue weighted by Gasteiger charge is 2.22. The van der Waals surface area contributed by atoms with Gasteiger partial charge in [0.25, 0.3) is 5.91 Å². The maximum absolute atomic E-state index is 13.0. The summed E-state index contributed by atoms with van der Waals surface area (Å²) in [4.78, 5) is 28.2. The first kappa shape index (κ1) is 32.8. The lowest BCUT2D eigenvalue weighted by atomic mass is 9.93. The van der Waals surface area contributed by atoms with Crippen molar-refractivity contribution < 1.29 is 14.3 Å². The SMILES string of the molecule is CCN(Cc1cc(C(=O)NCCCCCNC(=O)C(C)c2ccc3cc(OC)ccc3c2)cc(Br)c1N)C1CCCCC1. The second-order valence-corrected chi connectivity index (χ2v) is 12.5. The fraction of sp³-hybridized carbons (Fsp3) is 0.486. The van der Waals surface area contributed by atoms with Crippen molar-refractivity contribution in [3.8, 4) is 5.75 Å². The van der Waals surface area contributed by atoms with Gasteiger partial charge in [0, 0.05) is 35.7 Å². The minimum absolute atomic E-state index is 0.0241. The number of fused-ring (bicyclic) bond motifs is 1. The molecule has 8 heteroatoms. The van der Waals surface area contributed by atoms with E-state index in [4.69, 9.17) is 10.5 Å². The number of carbonyl (C=O) groups is 2. The van der Waals surface area contributed by atoms with Crippen LogP contribution in [0.15, 0.2) is 53.0 Å². The highest BCUT2D eigenvalue weighted by molar-refractivity contribution is 9.10. The summed E-state index contributed by atoms with van der Waals surface area (Å²) in [5, 5.41) is 8.30. The molecule has 43 heavy (non-hydrogen) atoms. The molecule has 1 fully saturated rings. The summed E-state index contributed by atoms with van der Waals surface area (Å²) in [6.07, 6.45) is 8.99. The van der Waals surface area contributed by atoms with Crippen LogP contribution in [0, 0.1) is 0 Å². The lowest BCUT2D eigenvalue weighted by molar-refractivity contribution is -0.122. The molecule has 3 aromatic carbocycles. The van der Waals surface area contributed by atoms with Crippen LogP contribution >= 0.6 is 15.9 Å². The molecule has 232 valence electrons. The molecule has 7 nitrogen and oxygen atoms in total. The van der Waals surface area contributed by atoms with Gasteiger partial charge in [-0.05, 0) is 108 Å². The average molecular weight is 652 g/mol. The molecule has 4 rings (SSSR count). The number of benzene rings is 3. The van der Waals surface area contributed by atoms with Crippen molar-refractivity contribution in [2.45, 2.75) is 83.7 Å². The van der Waals surface area contributed by atoms with Crippen LogP contribution in [-0.2, 0) is 11.3 Å². The van der Waals surface area contributed by atoms with Gasteiger partial charge >= 0.3 is 0 Å². The first-order valence-electron chi connectivity index (χ1n) is 15.8. The highest BCUT2D eigenvalue weighted by atomic mass is 79.9. The number of amides is 2. The number of ether oxygens (including phenoxy) is 1. The third-order valence-corrected chi connectivity index (χ3v) is 9.41. The summed E-state index contributed by atoms with van der Waals surface area (Å²) in [5.74, 6) is 0.526. The number of unbranched alkanes of at least 4 members (excludes halogenated alkanes) is 2. The van der Waals surface area contributed by atoms with Crippen molar-refractivity contribution in [3.63, 3.8) is 0 Å². The van der Waals surface area contributed by atoms with Crippen molar-refractivity contribution in [2.24, 2.45) is 0 Å². The Morgan fingerprint density at radius 1 is 0.977 bits per heavy atom. The summed E-state index contributed by atoms with van der Waals surface area (Å²) in [5.41, 5.74) is 9.75. The summed E-state index contributed by atoms with van der Waals surface area (Å²) < 4.78 is 6.07. The Bertz CT molecular complexity index is 1390. The molecule has 0 saturated heterocycles. The molecule has 0 heterocycles. The largest absolute Gasteiger partial charge is 0.497 e. The fourth-order valence-corrected chi connectivity index (χ4v) is 6.49. The first-order valence-corrected chi connectivity index (χ1v) is 16.6. The van der Waals surface area contributed by atoms with Gasteiger partial charge in [-0.15, -0.1) is 0 Å². The highest BCUT2D eigenvalue weighted by Crippen LogP contribution is 2.30. The Balaban J connectivity index is 1.18. The second kappa shape index (κ2) is 16.1. The first-order chi connectivity index (χ1) is 20.8. The van der Waals surface area contributed by atoms with Gasteiger partial charge in [0.05, 0.1) is 18.7 Å². The van der Waals surface area contributed by atoms with E-state index in [0.29, 0.717) is 30.4 Å². The Morgan fingerprint density at radius 2 is 1.67 bits per heavy atom. The van der Waals surface area contributed by atoms with Crippen LogP contribution in [-0.4, -0.2) is 49.5 Å². The lowest BCUT2D eigenvalue weighted by Gasteiger charge is -2.34. The van der Waals surface area contributed by atoms with Crippen LogP contribution in [0.2, 0.25) is 0 Å². The molecule has 0 bridgehead atoms. The van der Waals surface area contributed by atoms with Gasteiger partial charge in [0.1, 0.15) is 5.75 Å². The van der Waals surface area contributed by atoms with Crippen LogP contribution in [0.5, 0.6) is 5.75 Å². The number of hydrogen-bond acceptors (Lipinski definition) is 5. The maximum Gasteiger partial charge on any atom is 0.251 e. The van der Waals surface area contributed by atoms with Gasteiger partial charge < -0.3 is 21.1 Å². The Labute approximate surface area is 265 Å². The van der Waals surface area contributed by atoms with Gasteiger partial charge in [-0.3, -0.25) is 14.5 Å². The number of nitrogens with one attached hydrogen (secondary N) is 2. The smallest absolute Gasteiger partial charge is 0.251 e. The van der Waals surface area contributed by atoms with E-state index in [1.165, 1.54) is 32.1 Å². The second-order valence-electron chi connectivity index (χ2n) is 11.7. The molecule has 1 atom stereocenters. The van der Waals surface area contributed by atoms with E-state index in [-0.39, 0.29) is 17.7 Å². The number of nitrogen functional groups attached to an aromatic ring is 1. The molecule has 0 aromatic heterocycles. The van der Waals surface area contributed by atoms with Crippen molar-refractivity contribution >= 4 is 44.2 Å². The molecule has 1 unspecified atom stereocenters. The summed E-state index contributed by atoms with van der Waals surface area (Å²) in [6.45, 7) is 7.07. The minimum Gasteiger partial charge on any atom is -0.497 e. The van der Waals surface area contributed by atoms with Crippen LogP contribution in [0.4, 0.5) is 5.69 Å². The quantitative estimate of drug-likeness (QED) is 0.127. The molecule has 1 saturated carbocycles. The number of rotatable bonds is 14. The average Bonchev–Trinajstić information content (AvgIpc) is 3.04. The van der Waals surface area contributed by atoms with E-state index in [2.05, 4.69) is 44.5 Å². The van der Waals surface area contributed by atoms with Crippen LogP contribution in [0.3, 0.4) is 0 Å². The number of nitrogens with two attached hydrogens (primary N) is 1. The molecular formula is C35H47BrN4O3. The number of methoxy groups -OCH3 is 1. The monoisotopic (exact) mass is 650 g/mol. The van der Waals surface area contributed by atoms with Gasteiger partial charge in [-0.25, -0.2) is 0 Å². The molecule has 1 aliphatic rings. The standard InChI is InChI=1S/C35H47BrN4O3/c1-4-40(30-11-7-5-8-12-30)23-29-20-28(22-32(36)33(29)37)35(42)39-18-10-6-9-17-38-34(41)24(2)25-13-14-27-21-31(43-3)16-15-26(27)19-25/h13-16,19-22,24,30H,4-12,17-18,23,37H2,1-3H3,(H,38,41)(H,39,42). The summed E-state index contributed by atoms with van der Waals surface area (Å²) in [6, 6.07) is 16.4. The lowest BCUT2D eigenvalue weighted by Crippen LogP contribution is -2.36. The van der Waals surface area contributed by atoms with Crippen molar-refractivity contribution in [1.29, 1.82) is 0 Å². The zero-order valence-electron chi connectivity index (χ0n) is 25.9. The summed E-state index contributed by atoms with van der Waals surface area (Å²) >= 11 is 3.57. The van der Waals surface area contributed by atoms with Crippen molar-refractivity contribution in [3.05, 3.63) is 69.7 Å². The van der Waals surface area contributed by atoms with E-state index < -0.39 is 0 Å². The van der Waals surface area contributed by atoms with E-state index in [1.807, 2.05) is 49.4 Å². The summed E-state index contributed by atoms with van der Waals surface area (Å²) in [7, 11) is 1.66. The molecule has 0 radical (unpaired) electrons. The Morgan fingerprint density at radius 3 is 2.40 bits per heavy atom. The molecule has 3 aromatic rings. The third-order valence-electron chi connectivity index (χ3n) is 8.75. The molecule has 0 spiro atoms. The molecule has 2 amide bonds. The zero-order chi connectivity index (χ0) is 30.8. The van der Waals surface area contributed by atoms with Gasteiger partial charge in [0.15, 0.2) is 0 Å². The Hall–Kier alpha value is -3.10. The molecule has 4 N–H and O–H groups in total. The van der Waals surface area contributed by atoms with E-state index in [0.717, 1.165) is 64.5 Å². The van der Waals surface area contributed by atoms with E-state index in [9.17, 15) is 9.59 Å². The topological polar surface area (TPSA) is 96.7 Å². The predicted octanol–water partition coefficient (Wildman–Crippen LogP) is 7.17. The normalized spacial score (nSPS) is 14.5. The predicted molar refractivity (Wildman–Crippen MR) is 180 cm³/mol. The van der Waals surface area contributed by atoms with Gasteiger partial charge in [-0.2, -0.15) is 0 Å². The maximum atomic E-state index is 13.0.